The van der Waals surface area contributed by atoms with E-state index in [9.17, 15) is 19.8 Å². The number of rotatable bonds is 19. The highest BCUT2D eigenvalue weighted by Gasteiger charge is 2.20. The number of aliphatic hydroxyl groups is 2. The monoisotopic (exact) mass is 676 g/mol. The highest BCUT2D eigenvalue weighted by molar-refractivity contribution is 5.89. The van der Waals surface area contributed by atoms with Crippen LogP contribution in [0.1, 0.15) is 68.7 Å². The van der Waals surface area contributed by atoms with Gasteiger partial charge in [-0.2, -0.15) is 0 Å². The van der Waals surface area contributed by atoms with Gasteiger partial charge in [0.15, 0.2) is 0 Å². The number of aryl methyl sites for hydroxylation is 4. The fraction of sp³-hybridized carbons (Fsp3) is 0.364. The van der Waals surface area contributed by atoms with Crippen molar-refractivity contribution in [2.75, 3.05) is 13.2 Å². The fourth-order valence-electron chi connectivity index (χ4n) is 5.73. The summed E-state index contributed by atoms with van der Waals surface area (Å²) in [5, 5.41) is 21.8. The zero-order valence-corrected chi connectivity index (χ0v) is 29.8. The predicted molar refractivity (Wildman–Crippen MR) is 202 cm³/mol. The van der Waals surface area contributed by atoms with Crippen molar-refractivity contribution in [3.63, 3.8) is 0 Å². The Morgan fingerprint density at radius 1 is 0.600 bits per heavy atom. The minimum absolute atomic E-state index is 0.00352. The molecule has 0 aliphatic rings. The van der Waals surface area contributed by atoms with Crippen molar-refractivity contribution in [3.05, 3.63) is 131 Å². The molecule has 4 aromatic rings. The van der Waals surface area contributed by atoms with Gasteiger partial charge in [0.05, 0.1) is 36.6 Å². The highest BCUT2D eigenvalue weighted by atomic mass is 16.5. The molecular formula is C44H52O6. The van der Waals surface area contributed by atoms with Gasteiger partial charge < -0.3 is 19.7 Å². The van der Waals surface area contributed by atoms with Gasteiger partial charge in [0, 0.05) is 5.92 Å². The fourth-order valence-corrected chi connectivity index (χ4v) is 5.73. The molecule has 2 N–H and O–H groups in total. The van der Waals surface area contributed by atoms with E-state index in [-0.39, 0.29) is 30.3 Å². The molecule has 0 saturated heterocycles. The smallest absolute Gasteiger partial charge is 0.336 e. The van der Waals surface area contributed by atoms with E-state index in [1.165, 1.54) is 71.7 Å². The first-order valence-corrected chi connectivity index (χ1v) is 17.8. The van der Waals surface area contributed by atoms with Crippen molar-refractivity contribution in [1.29, 1.82) is 0 Å². The number of ether oxygens (including phenoxy) is 2. The summed E-state index contributed by atoms with van der Waals surface area (Å²) in [6.45, 7) is 12.3. The summed E-state index contributed by atoms with van der Waals surface area (Å²) in [6, 6.07) is 31.0. The predicted octanol–water partition coefficient (Wildman–Crippen LogP) is 8.53. The van der Waals surface area contributed by atoms with E-state index in [1.807, 2.05) is 0 Å². The molecule has 4 aromatic carbocycles. The summed E-state index contributed by atoms with van der Waals surface area (Å²) in [6.07, 6.45) is 6.01. The average molecular weight is 677 g/mol. The van der Waals surface area contributed by atoms with E-state index >= 15 is 0 Å². The lowest BCUT2D eigenvalue weighted by Gasteiger charge is -2.19. The van der Waals surface area contributed by atoms with Gasteiger partial charge in [-0.25, -0.2) is 9.59 Å². The first kappa shape index (κ1) is 38.3. The maximum absolute atomic E-state index is 12.2. The largest absolute Gasteiger partial charge is 0.462 e. The topological polar surface area (TPSA) is 93.1 Å². The van der Waals surface area contributed by atoms with E-state index in [4.69, 9.17) is 9.47 Å². The lowest BCUT2D eigenvalue weighted by atomic mass is 9.96. The number of aliphatic hydroxyl groups excluding tert-OH is 2. The van der Waals surface area contributed by atoms with Crippen molar-refractivity contribution in [3.8, 4) is 11.1 Å². The molecule has 4 rings (SSSR count). The van der Waals surface area contributed by atoms with Gasteiger partial charge in [-0.05, 0) is 103 Å². The molecule has 0 saturated carbocycles. The molecule has 2 atom stereocenters. The van der Waals surface area contributed by atoms with Crippen LogP contribution < -0.4 is 0 Å². The second-order valence-electron chi connectivity index (χ2n) is 13.4. The summed E-state index contributed by atoms with van der Waals surface area (Å²) < 4.78 is 10.7. The Morgan fingerprint density at radius 2 is 1.06 bits per heavy atom. The molecule has 0 amide bonds. The molecule has 264 valence electrons. The molecule has 2 unspecified atom stereocenters. The van der Waals surface area contributed by atoms with Gasteiger partial charge in [-0.3, -0.25) is 0 Å². The normalized spacial score (nSPS) is 13.0. The van der Waals surface area contributed by atoms with Crippen LogP contribution in [0, 0.1) is 5.92 Å². The molecule has 0 aromatic heterocycles. The van der Waals surface area contributed by atoms with Crippen LogP contribution in [0.3, 0.4) is 0 Å². The Labute approximate surface area is 297 Å². The van der Waals surface area contributed by atoms with Gasteiger partial charge >= 0.3 is 11.9 Å². The Balaban J connectivity index is 1.30. The Hall–Kier alpha value is -4.52. The molecule has 0 aliphatic heterocycles. The van der Waals surface area contributed by atoms with Crippen LogP contribution in [0.5, 0.6) is 0 Å². The second kappa shape index (κ2) is 19.0. The summed E-state index contributed by atoms with van der Waals surface area (Å²) in [4.78, 5) is 24.5. The van der Waals surface area contributed by atoms with Crippen molar-refractivity contribution in [2.45, 2.75) is 84.3 Å². The van der Waals surface area contributed by atoms with Crippen LogP contribution in [0.4, 0.5) is 0 Å². The molecule has 0 aliphatic carbocycles. The third kappa shape index (κ3) is 11.5. The zero-order chi connectivity index (χ0) is 36.0. The number of hydrogen-bond donors (Lipinski definition) is 2. The number of unbranched alkanes of at least 4 members (excludes halogenated alkanes) is 2. The van der Waals surface area contributed by atoms with Gasteiger partial charge in [-0.1, -0.05) is 112 Å². The zero-order valence-electron chi connectivity index (χ0n) is 29.8. The maximum Gasteiger partial charge on any atom is 0.336 e. The first-order chi connectivity index (χ1) is 24.0. The van der Waals surface area contributed by atoms with Gasteiger partial charge in [-0.15, -0.1) is 0 Å². The maximum atomic E-state index is 12.2. The summed E-state index contributed by atoms with van der Waals surface area (Å²) in [7, 11) is 0. The second-order valence-corrected chi connectivity index (χ2v) is 13.4. The Bertz CT molecular complexity index is 1700. The number of carbonyl (C=O) groups excluding carboxylic acids is 2. The van der Waals surface area contributed by atoms with Gasteiger partial charge in [0.25, 0.3) is 0 Å². The van der Waals surface area contributed by atoms with Crippen LogP contribution in [0.2, 0.25) is 0 Å². The van der Waals surface area contributed by atoms with Crippen LogP contribution >= 0.6 is 0 Å². The number of benzene rings is 4. The van der Waals surface area contributed by atoms with E-state index < -0.39 is 24.1 Å². The quantitative estimate of drug-likeness (QED) is 0.0588. The summed E-state index contributed by atoms with van der Waals surface area (Å²) >= 11 is 0. The molecule has 6 nitrogen and oxygen atoms in total. The van der Waals surface area contributed by atoms with Crippen LogP contribution in [-0.4, -0.2) is 47.6 Å². The van der Waals surface area contributed by atoms with E-state index in [1.54, 1.807) is 0 Å². The third-order valence-electron chi connectivity index (χ3n) is 9.26. The molecule has 0 fully saturated rings. The van der Waals surface area contributed by atoms with Crippen molar-refractivity contribution in [1.82, 2.24) is 0 Å². The van der Waals surface area contributed by atoms with E-state index in [2.05, 4.69) is 105 Å². The molecule has 6 heteroatoms. The van der Waals surface area contributed by atoms with E-state index in [0.29, 0.717) is 12.8 Å². The van der Waals surface area contributed by atoms with E-state index in [0.717, 1.165) is 24.8 Å². The molecule has 0 heterocycles. The molecular weight excluding hydrogens is 624 g/mol. The van der Waals surface area contributed by atoms with Gasteiger partial charge in [0.2, 0.25) is 0 Å². The lowest BCUT2D eigenvalue weighted by Crippen LogP contribution is -2.25. The minimum atomic E-state index is -1.02. The van der Waals surface area contributed by atoms with Crippen LogP contribution in [-0.2, 0) is 44.7 Å². The Kier molecular flexibility index (Phi) is 14.6. The Morgan fingerprint density at radius 3 is 1.64 bits per heavy atom. The highest BCUT2D eigenvalue weighted by Crippen LogP contribution is 2.26. The molecule has 0 radical (unpaired) electrons. The standard InChI is InChI=1S/C44H52O6/c1-6-7-8-9-34-18-21-39(22-19-34)41-25-24-40-26-37(20-23-42(40)27-41)16-14-35-10-12-36(13-11-35)15-17-38(28-49-43(47)30(2)32(4)45)29-50-44(48)31(3)33(5)46/h10-13,18-27,32-33,38,45-46H,2-3,6-9,14-17,28-29H2,1,4-5H3. The minimum Gasteiger partial charge on any atom is -0.462 e. The van der Waals surface area contributed by atoms with Crippen molar-refractivity contribution >= 4 is 22.7 Å². The number of carbonyl (C=O) groups is 2. The lowest BCUT2D eigenvalue weighted by molar-refractivity contribution is -0.145. The van der Waals surface area contributed by atoms with Gasteiger partial charge in [0.1, 0.15) is 0 Å². The third-order valence-corrected chi connectivity index (χ3v) is 9.26. The number of fused-ring (bicyclic) bond motifs is 1. The summed E-state index contributed by atoms with van der Waals surface area (Å²) in [5.74, 6) is -1.68. The van der Waals surface area contributed by atoms with Crippen molar-refractivity contribution < 1.29 is 29.3 Å². The molecule has 0 bridgehead atoms. The van der Waals surface area contributed by atoms with Crippen LogP contribution in [0.25, 0.3) is 21.9 Å². The number of hydrogen-bond acceptors (Lipinski definition) is 6. The average Bonchev–Trinajstić information content (AvgIpc) is 3.13. The number of esters is 2. The molecule has 50 heavy (non-hydrogen) atoms. The SMILES string of the molecule is C=C(C(=O)OCC(CCc1ccc(CCc2ccc3cc(-c4ccc(CCCCC)cc4)ccc3c2)cc1)COC(=O)C(=C)C(C)O)C(C)O. The first-order valence-electron chi connectivity index (χ1n) is 17.8. The van der Waals surface area contributed by atoms with Crippen LogP contribution in [0.15, 0.2) is 109 Å². The summed E-state index contributed by atoms with van der Waals surface area (Å²) in [5.41, 5.74) is 7.49. The van der Waals surface area contributed by atoms with Crippen molar-refractivity contribution in [2.24, 2.45) is 5.92 Å². The molecule has 0 spiro atoms.